The fourth-order valence-corrected chi connectivity index (χ4v) is 1.48. The van der Waals surface area contributed by atoms with Crippen LogP contribution in [0.1, 0.15) is 5.56 Å². The van der Waals surface area contributed by atoms with Gasteiger partial charge in [0.15, 0.2) is 0 Å². The number of carbonyl (C=O) groups excluding carboxylic acids is 1. The summed E-state index contributed by atoms with van der Waals surface area (Å²) < 4.78 is 4.72. The number of nitrogens with one attached hydrogen (secondary N) is 2. The summed E-state index contributed by atoms with van der Waals surface area (Å²) in [5, 5.41) is 2.76. The Morgan fingerprint density at radius 3 is 3.25 bits per heavy atom. The highest BCUT2D eigenvalue weighted by Gasteiger charge is 2.01. The maximum atomic E-state index is 11.2. The molecule has 0 aliphatic carbocycles. The van der Waals surface area contributed by atoms with E-state index in [2.05, 4.69) is 15.3 Å². The van der Waals surface area contributed by atoms with Gasteiger partial charge in [0.1, 0.15) is 6.61 Å². The van der Waals surface area contributed by atoms with E-state index in [0.29, 0.717) is 6.54 Å². The van der Waals surface area contributed by atoms with Gasteiger partial charge >= 0.3 is 0 Å². The molecule has 1 aromatic carbocycles. The number of rotatable bonds is 4. The number of H-pyrrole nitrogens is 1. The number of hydrogen-bond acceptors (Lipinski definition) is 3. The Hall–Kier alpha value is -1.88. The van der Waals surface area contributed by atoms with Gasteiger partial charge in [0.25, 0.3) is 0 Å². The Morgan fingerprint density at radius 2 is 2.44 bits per heavy atom. The van der Waals surface area contributed by atoms with Crippen molar-refractivity contribution in [1.82, 2.24) is 15.3 Å². The molecule has 5 heteroatoms. The summed E-state index contributed by atoms with van der Waals surface area (Å²) in [5.41, 5.74) is 2.92. The van der Waals surface area contributed by atoms with Gasteiger partial charge in [0, 0.05) is 13.7 Å². The molecule has 2 rings (SSSR count). The maximum absolute atomic E-state index is 11.2. The first-order valence-electron chi connectivity index (χ1n) is 4.97. The third kappa shape index (κ3) is 2.38. The van der Waals surface area contributed by atoms with E-state index >= 15 is 0 Å². The van der Waals surface area contributed by atoms with E-state index in [1.165, 1.54) is 7.11 Å². The van der Waals surface area contributed by atoms with Crippen molar-refractivity contribution in [3.8, 4) is 0 Å². The number of carbonyl (C=O) groups is 1. The Labute approximate surface area is 92.8 Å². The summed E-state index contributed by atoms with van der Waals surface area (Å²) in [7, 11) is 1.50. The van der Waals surface area contributed by atoms with E-state index in [9.17, 15) is 4.79 Å². The van der Waals surface area contributed by atoms with Crippen LogP contribution >= 0.6 is 0 Å². The molecule has 0 bridgehead atoms. The Balaban J connectivity index is 2.01. The van der Waals surface area contributed by atoms with Crippen molar-refractivity contribution >= 4 is 16.9 Å². The van der Waals surface area contributed by atoms with Crippen molar-refractivity contribution in [3.63, 3.8) is 0 Å². The molecule has 0 saturated carbocycles. The third-order valence-electron chi connectivity index (χ3n) is 2.25. The van der Waals surface area contributed by atoms with Crippen LogP contribution in [0.4, 0.5) is 0 Å². The molecule has 0 atom stereocenters. The molecule has 2 aromatic rings. The number of ether oxygens (including phenoxy) is 1. The number of amides is 1. The molecule has 0 fully saturated rings. The Morgan fingerprint density at radius 1 is 1.56 bits per heavy atom. The number of hydrogen-bond donors (Lipinski definition) is 2. The number of imidazole rings is 1. The van der Waals surface area contributed by atoms with Gasteiger partial charge in [-0.2, -0.15) is 0 Å². The average molecular weight is 219 g/mol. The van der Waals surface area contributed by atoms with E-state index in [4.69, 9.17) is 4.74 Å². The standard InChI is InChI=1S/C11H13N3O2/c1-16-6-11(15)12-5-8-2-3-9-10(4-8)14-7-13-9/h2-4,7H,5-6H2,1H3,(H,12,15)(H,13,14). The van der Waals surface area contributed by atoms with Crippen LogP contribution < -0.4 is 5.32 Å². The molecule has 84 valence electrons. The van der Waals surface area contributed by atoms with Gasteiger partial charge in [-0.05, 0) is 17.7 Å². The number of aromatic nitrogens is 2. The Kier molecular flexibility index (Phi) is 3.16. The second-order valence-corrected chi connectivity index (χ2v) is 3.46. The second kappa shape index (κ2) is 4.76. The lowest BCUT2D eigenvalue weighted by Gasteiger charge is -2.04. The second-order valence-electron chi connectivity index (χ2n) is 3.46. The maximum Gasteiger partial charge on any atom is 0.246 e. The molecule has 0 saturated heterocycles. The summed E-state index contributed by atoms with van der Waals surface area (Å²) in [6.07, 6.45) is 1.65. The van der Waals surface area contributed by atoms with E-state index in [-0.39, 0.29) is 12.5 Å². The lowest BCUT2D eigenvalue weighted by atomic mass is 10.2. The lowest BCUT2D eigenvalue weighted by molar-refractivity contribution is -0.124. The van der Waals surface area contributed by atoms with Gasteiger partial charge in [-0.1, -0.05) is 6.07 Å². The molecular weight excluding hydrogens is 206 g/mol. The number of aromatic amines is 1. The highest BCUT2D eigenvalue weighted by Crippen LogP contribution is 2.11. The fraction of sp³-hybridized carbons (Fsp3) is 0.273. The van der Waals surface area contributed by atoms with E-state index in [0.717, 1.165) is 16.6 Å². The fourth-order valence-electron chi connectivity index (χ4n) is 1.48. The molecule has 1 aromatic heterocycles. The molecular formula is C11H13N3O2. The summed E-state index contributed by atoms with van der Waals surface area (Å²) in [5.74, 6) is -0.118. The van der Waals surface area contributed by atoms with Gasteiger partial charge in [-0.3, -0.25) is 4.79 Å². The molecule has 0 radical (unpaired) electrons. The van der Waals surface area contributed by atoms with E-state index in [1.807, 2.05) is 18.2 Å². The van der Waals surface area contributed by atoms with Crippen LogP contribution in [0, 0.1) is 0 Å². The lowest BCUT2D eigenvalue weighted by Crippen LogP contribution is -2.26. The van der Waals surface area contributed by atoms with Gasteiger partial charge < -0.3 is 15.0 Å². The molecule has 0 unspecified atom stereocenters. The minimum atomic E-state index is -0.118. The van der Waals surface area contributed by atoms with Crippen LogP contribution in [0.2, 0.25) is 0 Å². The normalized spacial score (nSPS) is 10.6. The number of methoxy groups -OCH3 is 1. The van der Waals surface area contributed by atoms with Crippen LogP contribution in [0.15, 0.2) is 24.5 Å². The summed E-state index contributed by atoms with van der Waals surface area (Å²) in [4.78, 5) is 18.3. The van der Waals surface area contributed by atoms with Crippen LogP contribution in [0.5, 0.6) is 0 Å². The van der Waals surface area contributed by atoms with Crippen LogP contribution in [0.25, 0.3) is 11.0 Å². The SMILES string of the molecule is COCC(=O)NCc1ccc2nc[nH]c2c1. The van der Waals surface area contributed by atoms with Gasteiger partial charge in [-0.25, -0.2) is 4.98 Å². The predicted molar refractivity (Wildman–Crippen MR) is 59.8 cm³/mol. The first-order chi connectivity index (χ1) is 7.79. The Bertz CT molecular complexity index is 493. The molecule has 0 spiro atoms. The monoisotopic (exact) mass is 219 g/mol. The number of fused-ring (bicyclic) bond motifs is 1. The minimum absolute atomic E-state index is 0.0896. The van der Waals surface area contributed by atoms with Crippen molar-refractivity contribution < 1.29 is 9.53 Å². The smallest absolute Gasteiger partial charge is 0.246 e. The zero-order valence-corrected chi connectivity index (χ0v) is 8.99. The summed E-state index contributed by atoms with van der Waals surface area (Å²) >= 11 is 0. The van der Waals surface area contributed by atoms with Gasteiger partial charge in [0.05, 0.1) is 17.4 Å². The molecule has 0 aliphatic heterocycles. The first kappa shape index (κ1) is 10.6. The highest BCUT2D eigenvalue weighted by molar-refractivity contribution is 5.78. The topological polar surface area (TPSA) is 67.0 Å². The van der Waals surface area contributed by atoms with Crippen molar-refractivity contribution in [2.45, 2.75) is 6.54 Å². The average Bonchev–Trinajstić information content (AvgIpc) is 2.74. The number of benzene rings is 1. The number of nitrogens with zero attached hydrogens (tertiary/aromatic N) is 1. The molecule has 1 amide bonds. The zero-order chi connectivity index (χ0) is 11.4. The zero-order valence-electron chi connectivity index (χ0n) is 8.99. The van der Waals surface area contributed by atoms with Crippen molar-refractivity contribution in [2.24, 2.45) is 0 Å². The van der Waals surface area contributed by atoms with Gasteiger partial charge in [-0.15, -0.1) is 0 Å². The summed E-state index contributed by atoms with van der Waals surface area (Å²) in [6, 6.07) is 5.83. The summed E-state index contributed by atoms with van der Waals surface area (Å²) in [6.45, 7) is 0.587. The predicted octanol–water partition coefficient (Wildman–Crippen LogP) is 0.825. The first-order valence-corrected chi connectivity index (χ1v) is 4.97. The van der Waals surface area contributed by atoms with Crippen molar-refractivity contribution in [2.75, 3.05) is 13.7 Å². The largest absolute Gasteiger partial charge is 0.375 e. The third-order valence-corrected chi connectivity index (χ3v) is 2.25. The van der Waals surface area contributed by atoms with Crippen LogP contribution in [-0.2, 0) is 16.1 Å². The van der Waals surface area contributed by atoms with Crippen molar-refractivity contribution in [3.05, 3.63) is 30.1 Å². The molecule has 1 heterocycles. The molecule has 0 aliphatic rings. The molecule has 5 nitrogen and oxygen atoms in total. The van der Waals surface area contributed by atoms with E-state index < -0.39 is 0 Å². The van der Waals surface area contributed by atoms with Gasteiger partial charge in [0.2, 0.25) is 5.91 Å². The molecule has 16 heavy (non-hydrogen) atoms. The quantitative estimate of drug-likeness (QED) is 0.800. The van der Waals surface area contributed by atoms with Crippen LogP contribution in [-0.4, -0.2) is 29.6 Å². The van der Waals surface area contributed by atoms with Crippen LogP contribution in [0.3, 0.4) is 0 Å². The van der Waals surface area contributed by atoms with E-state index in [1.54, 1.807) is 6.33 Å². The molecule has 2 N–H and O–H groups in total. The highest BCUT2D eigenvalue weighted by atomic mass is 16.5. The van der Waals surface area contributed by atoms with Crippen molar-refractivity contribution in [1.29, 1.82) is 0 Å². The minimum Gasteiger partial charge on any atom is -0.375 e.